The molecular weight excluding hydrogens is 344 g/mol. The zero-order valence-corrected chi connectivity index (χ0v) is 16.6. The summed E-state index contributed by atoms with van der Waals surface area (Å²) >= 11 is 0. The first-order valence-electron chi connectivity index (χ1n) is 9.06. The predicted molar refractivity (Wildman–Crippen MR) is 107 cm³/mol. The fourth-order valence-electron chi connectivity index (χ4n) is 2.93. The van der Waals surface area contributed by atoms with Gasteiger partial charge in [-0.15, -0.1) is 0 Å². The van der Waals surface area contributed by atoms with Crippen LogP contribution in [0.2, 0.25) is 0 Å². The SMILES string of the molecule is CN(C)C=Nc1ncnc2c1ccn2C1=CCN(C(O)OC(C)(C)C)CC1. The molecule has 1 unspecified atom stereocenters. The number of rotatable bonds is 5. The van der Waals surface area contributed by atoms with Gasteiger partial charge in [-0.05, 0) is 26.8 Å². The standard InChI is InChI=1S/C19H28N6O2/c1-19(2,3)27-18(26)24-9-6-14(7-10-24)25-11-8-15-16(22-13-23(4)5)20-12-21-17(15)25/h6,8,11-13,18,26H,7,9-10H2,1-5H3. The van der Waals surface area contributed by atoms with E-state index in [1.165, 1.54) is 6.33 Å². The van der Waals surface area contributed by atoms with Crippen LogP contribution in [0.25, 0.3) is 16.7 Å². The second kappa shape index (κ2) is 7.75. The Labute approximate surface area is 159 Å². The summed E-state index contributed by atoms with van der Waals surface area (Å²) in [5, 5.41) is 11.2. The van der Waals surface area contributed by atoms with Gasteiger partial charge in [-0.1, -0.05) is 6.08 Å². The maximum atomic E-state index is 10.3. The topological polar surface area (TPSA) is 79.0 Å². The minimum Gasteiger partial charge on any atom is -0.369 e. The third-order valence-corrected chi connectivity index (χ3v) is 4.17. The lowest BCUT2D eigenvalue weighted by Gasteiger charge is -2.34. The molecule has 2 aromatic rings. The van der Waals surface area contributed by atoms with Crippen LogP contribution in [0.4, 0.5) is 5.82 Å². The van der Waals surface area contributed by atoms with Gasteiger partial charge in [0.05, 0.1) is 17.3 Å². The van der Waals surface area contributed by atoms with Crippen molar-refractivity contribution in [3.63, 3.8) is 0 Å². The number of aliphatic imine (C=N–C) groups is 1. The molecule has 1 N–H and O–H groups in total. The molecule has 1 aliphatic heterocycles. The van der Waals surface area contributed by atoms with Crippen LogP contribution in [0.3, 0.4) is 0 Å². The summed E-state index contributed by atoms with van der Waals surface area (Å²) in [6.45, 7) is 7.12. The lowest BCUT2D eigenvalue weighted by molar-refractivity contribution is -0.236. The Balaban J connectivity index is 1.80. The van der Waals surface area contributed by atoms with Gasteiger partial charge in [-0.3, -0.25) is 4.90 Å². The molecule has 0 aliphatic carbocycles. The van der Waals surface area contributed by atoms with E-state index in [1.54, 1.807) is 6.34 Å². The fraction of sp³-hybridized carbons (Fsp3) is 0.526. The Morgan fingerprint density at radius 2 is 2.11 bits per heavy atom. The van der Waals surface area contributed by atoms with Crippen LogP contribution in [0.15, 0.2) is 29.7 Å². The van der Waals surface area contributed by atoms with Crippen molar-refractivity contribution in [3.8, 4) is 0 Å². The minimum absolute atomic E-state index is 0.388. The van der Waals surface area contributed by atoms with E-state index in [0.717, 1.165) is 23.2 Å². The Hall–Kier alpha value is -2.29. The van der Waals surface area contributed by atoms with E-state index < -0.39 is 6.41 Å². The molecule has 0 fully saturated rings. The second-order valence-electron chi connectivity index (χ2n) is 7.83. The number of hydrogen-bond acceptors (Lipinski definition) is 6. The van der Waals surface area contributed by atoms with Crippen LogP contribution in [0.5, 0.6) is 0 Å². The molecule has 0 saturated heterocycles. The van der Waals surface area contributed by atoms with Crippen LogP contribution in [-0.4, -0.2) is 75.0 Å². The Morgan fingerprint density at radius 3 is 2.74 bits per heavy atom. The van der Waals surface area contributed by atoms with E-state index in [0.29, 0.717) is 18.9 Å². The number of fused-ring (bicyclic) bond motifs is 1. The average molecular weight is 372 g/mol. The van der Waals surface area contributed by atoms with Crippen LogP contribution in [-0.2, 0) is 4.74 Å². The highest BCUT2D eigenvalue weighted by atomic mass is 16.6. The van der Waals surface area contributed by atoms with Crippen LogP contribution in [0, 0.1) is 0 Å². The lowest BCUT2D eigenvalue weighted by Crippen LogP contribution is -2.43. The molecule has 3 rings (SSSR count). The summed E-state index contributed by atoms with van der Waals surface area (Å²) < 4.78 is 7.71. The summed E-state index contributed by atoms with van der Waals surface area (Å²) in [5.74, 6) is 0.652. The first-order valence-corrected chi connectivity index (χ1v) is 9.06. The zero-order chi connectivity index (χ0) is 19.6. The Bertz CT molecular complexity index is 849. The molecule has 0 aromatic carbocycles. The Morgan fingerprint density at radius 1 is 1.33 bits per heavy atom. The third kappa shape index (κ3) is 4.71. The summed E-state index contributed by atoms with van der Waals surface area (Å²) in [5.41, 5.74) is 1.59. The van der Waals surface area contributed by atoms with Crippen molar-refractivity contribution < 1.29 is 9.84 Å². The number of aliphatic hydroxyl groups excluding tert-OH is 1. The molecule has 8 heteroatoms. The monoisotopic (exact) mass is 372 g/mol. The molecule has 1 aliphatic rings. The molecule has 2 aromatic heterocycles. The highest BCUT2D eigenvalue weighted by molar-refractivity contribution is 5.89. The molecular formula is C19H28N6O2. The van der Waals surface area contributed by atoms with Gasteiger partial charge in [0.15, 0.2) is 5.82 Å². The van der Waals surface area contributed by atoms with E-state index in [2.05, 4.69) is 25.6 Å². The second-order valence-corrected chi connectivity index (χ2v) is 7.83. The van der Waals surface area contributed by atoms with Crippen LogP contribution < -0.4 is 0 Å². The van der Waals surface area contributed by atoms with E-state index >= 15 is 0 Å². The van der Waals surface area contributed by atoms with Crippen molar-refractivity contribution in [2.75, 3.05) is 27.2 Å². The predicted octanol–water partition coefficient (Wildman–Crippen LogP) is 2.29. The van der Waals surface area contributed by atoms with E-state index in [9.17, 15) is 5.11 Å². The molecule has 0 spiro atoms. The van der Waals surface area contributed by atoms with Gasteiger partial charge in [-0.25, -0.2) is 15.0 Å². The van der Waals surface area contributed by atoms with Gasteiger partial charge in [0.1, 0.15) is 12.0 Å². The van der Waals surface area contributed by atoms with Gasteiger partial charge >= 0.3 is 0 Å². The van der Waals surface area contributed by atoms with Crippen molar-refractivity contribution in [2.45, 2.75) is 39.2 Å². The highest BCUT2D eigenvalue weighted by Crippen LogP contribution is 2.27. The summed E-state index contributed by atoms with van der Waals surface area (Å²) in [6, 6.07) is 1.99. The molecule has 3 heterocycles. The van der Waals surface area contributed by atoms with Gasteiger partial charge < -0.3 is 19.3 Å². The van der Waals surface area contributed by atoms with Crippen LogP contribution in [0.1, 0.15) is 27.2 Å². The van der Waals surface area contributed by atoms with Crippen molar-refractivity contribution in [3.05, 3.63) is 24.7 Å². The maximum Gasteiger partial charge on any atom is 0.216 e. The number of aromatic nitrogens is 3. The molecule has 146 valence electrons. The summed E-state index contributed by atoms with van der Waals surface area (Å²) in [7, 11) is 3.84. The normalized spacial score (nSPS) is 17.5. The van der Waals surface area contributed by atoms with E-state index in [-0.39, 0.29) is 5.60 Å². The highest BCUT2D eigenvalue weighted by Gasteiger charge is 2.25. The van der Waals surface area contributed by atoms with Crippen molar-refractivity contribution in [1.29, 1.82) is 0 Å². The number of ether oxygens (including phenoxy) is 1. The minimum atomic E-state index is -0.904. The largest absolute Gasteiger partial charge is 0.369 e. The molecule has 27 heavy (non-hydrogen) atoms. The van der Waals surface area contributed by atoms with E-state index in [4.69, 9.17) is 4.74 Å². The third-order valence-electron chi connectivity index (χ3n) is 4.17. The van der Waals surface area contributed by atoms with E-state index in [1.807, 2.05) is 56.9 Å². The average Bonchev–Trinajstić information content (AvgIpc) is 3.03. The molecule has 8 nitrogen and oxygen atoms in total. The fourth-order valence-corrected chi connectivity index (χ4v) is 2.93. The van der Waals surface area contributed by atoms with Crippen molar-refractivity contribution >= 4 is 28.9 Å². The number of aliphatic hydroxyl groups is 1. The van der Waals surface area contributed by atoms with Crippen molar-refractivity contribution in [1.82, 2.24) is 24.3 Å². The first kappa shape index (κ1) is 19.5. The zero-order valence-electron chi connectivity index (χ0n) is 16.6. The summed E-state index contributed by atoms with van der Waals surface area (Å²) in [4.78, 5) is 16.9. The number of nitrogens with zero attached hydrogens (tertiary/aromatic N) is 6. The molecule has 0 radical (unpaired) electrons. The number of hydrogen-bond donors (Lipinski definition) is 1. The Kier molecular flexibility index (Phi) is 5.59. The first-order chi connectivity index (χ1) is 12.7. The summed E-state index contributed by atoms with van der Waals surface area (Å²) in [6.07, 6.45) is 7.25. The lowest BCUT2D eigenvalue weighted by atomic mass is 10.2. The van der Waals surface area contributed by atoms with Gasteiger partial charge in [0.25, 0.3) is 0 Å². The molecule has 0 bridgehead atoms. The van der Waals surface area contributed by atoms with Gasteiger partial charge in [-0.2, -0.15) is 0 Å². The quantitative estimate of drug-likeness (QED) is 0.493. The maximum absolute atomic E-state index is 10.3. The molecule has 0 saturated carbocycles. The van der Waals surface area contributed by atoms with Gasteiger partial charge in [0, 0.05) is 45.5 Å². The van der Waals surface area contributed by atoms with Gasteiger partial charge in [0.2, 0.25) is 6.41 Å². The molecule has 0 amide bonds. The van der Waals surface area contributed by atoms with Crippen molar-refractivity contribution in [2.24, 2.45) is 4.99 Å². The molecule has 1 atom stereocenters. The van der Waals surface area contributed by atoms with Crippen LogP contribution >= 0.6 is 0 Å². The smallest absolute Gasteiger partial charge is 0.216 e.